The second-order valence-electron chi connectivity index (χ2n) is 8.92. The van der Waals surface area contributed by atoms with Crippen molar-refractivity contribution in [1.82, 2.24) is 4.90 Å². The summed E-state index contributed by atoms with van der Waals surface area (Å²) < 4.78 is 25.9. The summed E-state index contributed by atoms with van der Waals surface area (Å²) in [6, 6.07) is 32.0. The summed E-state index contributed by atoms with van der Waals surface area (Å²) in [4.78, 5) is 2.75. The fourth-order valence-electron chi connectivity index (χ4n) is 5.40. The molecule has 3 aromatic rings. The molecule has 2 unspecified atom stereocenters. The number of fused-ring (bicyclic) bond motifs is 4. The fourth-order valence-corrected chi connectivity index (χ4v) is 5.40. The Morgan fingerprint density at radius 1 is 0.938 bits per heavy atom. The first kappa shape index (κ1) is 22.7. The first-order valence-electron chi connectivity index (χ1n) is 11.2. The highest BCUT2D eigenvalue weighted by molar-refractivity contribution is 7.85. The molecule has 0 spiro atoms. The third kappa shape index (κ3) is 5.29. The van der Waals surface area contributed by atoms with E-state index in [-0.39, 0.29) is 5.41 Å². The predicted molar refractivity (Wildman–Crippen MR) is 130 cm³/mol. The van der Waals surface area contributed by atoms with Crippen molar-refractivity contribution in [2.75, 3.05) is 19.3 Å². The monoisotopic (exact) mass is 449 g/mol. The highest BCUT2D eigenvalue weighted by Crippen LogP contribution is 2.49. The largest absolute Gasteiger partial charge is 0.300 e. The van der Waals surface area contributed by atoms with Gasteiger partial charge in [0, 0.05) is 18.0 Å². The Kier molecular flexibility index (Phi) is 6.79. The molecular formula is C27H31NO3S. The van der Waals surface area contributed by atoms with Gasteiger partial charge in [-0.05, 0) is 54.5 Å². The van der Waals surface area contributed by atoms with E-state index in [1.54, 1.807) is 11.1 Å². The molecule has 2 aliphatic rings. The van der Waals surface area contributed by atoms with Crippen molar-refractivity contribution in [3.63, 3.8) is 0 Å². The van der Waals surface area contributed by atoms with Gasteiger partial charge in [0.2, 0.25) is 0 Å². The summed E-state index contributed by atoms with van der Waals surface area (Å²) in [5.41, 5.74) is 6.29. The summed E-state index contributed by atoms with van der Waals surface area (Å²) >= 11 is 0. The van der Waals surface area contributed by atoms with Crippen molar-refractivity contribution < 1.29 is 13.0 Å². The van der Waals surface area contributed by atoms with Crippen molar-refractivity contribution in [3.8, 4) is 0 Å². The maximum atomic E-state index is 9.19. The van der Waals surface area contributed by atoms with E-state index in [9.17, 15) is 8.42 Å². The van der Waals surface area contributed by atoms with Gasteiger partial charge in [-0.3, -0.25) is 9.45 Å². The van der Waals surface area contributed by atoms with Crippen LogP contribution in [0.15, 0.2) is 84.9 Å². The van der Waals surface area contributed by atoms with Crippen LogP contribution in [-0.2, 0) is 28.4 Å². The van der Waals surface area contributed by atoms with Crippen LogP contribution in [0.25, 0.3) is 0 Å². The predicted octanol–water partition coefficient (Wildman–Crippen LogP) is 4.74. The average molecular weight is 450 g/mol. The Morgan fingerprint density at radius 2 is 1.53 bits per heavy atom. The Labute approximate surface area is 191 Å². The average Bonchev–Trinajstić information content (AvgIpc) is 2.79. The van der Waals surface area contributed by atoms with E-state index in [1.807, 2.05) is 0 Å². The number of hydrogen-bond donors (Lipinski definition) is 1. The number of nitrogens with zero attached hydrogens (tertiary/aromatic N) is 1. The molecule has 1 fully saturated rings. The van der Waals surface area contributed by atoms with Crippen LogP contribution in [0.4, 0.5) is 0 Å². The van der Waals surface area contributed by atoms with Crippen LogP contribution < -0.4 is 0 Å². The molecule has 0 radical (unpaired) electrons. The Balaban J connectivity index is 0.000000444. The quantitative estimate of drug-likeness (QED) is 0.585. The molecular weight excluding hydrogens is 418 g/mol. The van der Waals surface area contributed by atoms with E-state index < -0.39 is 10.1 Å². The van der Waals surface area contributed by atoms with Crippen molar-refractivity contribution in [2.45, 2.75) is 37.1 Å². The molecule has 0 aromatic heterocycles. The normalized spacial score (nSPS) is 22.4. The zero-order valence-corrected chi connectivity index (χ0v) is 19.3. The van der Waals surface area contributed by atoms with E-state index in [0.29, 0.717) is 12.3 Å². The summed E-state index contributed by atoms with van der Waals surface area (Å²) in [5.74, 6) is 0. The van der Waals surface area contributed by atoms with E-state index in [4.69, 9.17) is 4.55 Å². The second-order valence-corrected chi connectivity index (χ2v) is 10.4. The third-order valence-corrected chi connectivity index (χ3v) is 6.77. The van der Waals surface area contributed by atoms with Crippen molar-refractivity contribution >= 4 is 10.1 Å². The van der Waals surface area contributed by atoms with Crippen LogP contribution in [0.2, 0.25) is 0 Å². The zero-order chi connectivity index (χ0) is 22.6. The van der Waals surface area contributed by atoms with Crippen LogP contribution in [0, 0.1) is 0 Å². The number of benzene rings is 3. The lowest BCUT2D eigenvalue weighted by Gasteiger charge is -2.52. The molecule has 1 heterocycles. The summed E-state index contributed by atoms with van der Waals surface area (Å²) in [7, 11) is -3.67. The van der Waals surface area contributed by atoms with Gasteiger partial charge >= 0.3 is 0 Å². The van der Waals surface area contributed by atoms with Gasteiger partial charge < -0.3 is 0 Å². The van der Waals surface area contributed by atoms with E-state index in [0.717, 1.165) is 6.42 Å². The summed E-state index contributed by atoms with van der Waals surface area (Å²) in [5, 5.41) is 0. The first-order chi connectivity index (χ1) is 15.4. The van der Waals surface area contributed by atoms with Gasteiger partial charge in [-0.15, -0.1) is 0 Å². The molecule has 4 nitrogen and oxygen atoms in total. The van der Waals surface area contributed by atoms with Crippen LogP contribution in [0.1, 0.15) is 35.1 Å². The second kappa shape index (κ2) is 9.57. The Bertz CT molecular complexity index is 1120. The van der Waals surface area contributed by atoms with Gasteiger partial charge in [0.05, 0.1) is 6.26 Å². The van der Waals surface area contributed by atoms with Crippen LogP contribution in [0.3, 0.4) is 0 Å². The van der Waals surface area contributed by atoms with Crippen LogP contribution in [-0.4, -0.2) is 43.3 Å². The third-order valence-electron chi connectivity index (χ3n) is 6.77. The molecule has 3 aromatic carbocycles. The minimum absolute atomic E-state index is 0.198. The minimum Gasteiger partial charge on any atom is -0.300 e. The number of rotatable bonds is 4. The molecule has 168 valence electrons. The van der Waals surface area contributed by atoms with Gasteiger partial charge in [-0.25, -0.2) is 0 Å². The molecule has 5 heteroatoms. The van der Waals surface area contributed by atoms with Gasteiger partial charge in [0.15, 0.2) is 0 Å². The topological polar surface area (TPSA) is 57.6 Å². The molecule has 2 bridgehead atoms. The highest BCUT2D eigenvalue weighted by atomic mass is 32.2. The van der Waals surface area contributed by atoms with E-state index >= 15 is 0 Å². The Morgan fingerprint density at radius 3 is 2.22 bits per heavy atom. The van der Waals surface area contributed by atoms with Crippen molar-refractivity contribution in [2.24, 2.45) is 0 Å². The molecule has 1 saturated heterocycles. The lowest BCUT2D eigenvalue weighted by Crippen LogP contribution is -2.54. The zero-order valence-electron chi connectivity index (χ0n) is 18.5. The molecule has 5 rings (SSSR count). The van der Waals surface area contributed by atoms with Gasteiger partial charge in [-0.2, -0.15) is 8.42 Å². The first-order valence-corrected chi connectivity index (χ1v) is 13.0. The summed E-state index contributed by atoms with van der Waals surface area (Å²) in [6.45, 7) is 2.36. The standard InChI is InChI=1S/C26H27N.CH4O3S/c1-3-9-21(10-4-1)15-17-27-18-16-26(23-12-5-2-6-13-23)20-24(27)19-22-11-7-8-14-25(22)26;1-5(2,3)4/h1-14,24H,15-20H2;1H3,(H,2,3,4). The maximum absolute atomic E-state index is 9.19. The molecule has 1 aliphatic carbocycles. The fraction of sp³-hybridized carbons (Fsp3) is 0.333. The van der Waals surface area contributed by atoms with Crippen LogP contribution in [0.5, 0.6) is 0 Å². The Hall–Kier alpha value is -2.47. The van der Waals surface area contributed by atoms with Crippen molar-refractivity contribution in [1.29, 1.82) is 0 Å². The van der Waals surface area contributed by atoms with Gasteiger partial charge in [0.1, 0.15) is 0 Å². The van der Waals surface area contributed by atoms with E-state index in [1.165, 1.54) is 43.5 Å². The SMILES string of the molecule is CS(=O)(=O)O.c1ccc(CCN2CCC3(c4ccccc4)CC2Cc2ccccc23)cc1. The van der Waals surface area contributed by atoms with Crippen LogP contribution >= 0.6 is 0 Å². The maximum Gasteiger partial charge on any atom is 0.261 e. The molecule has 2 atom stereocenters. The molecule has 0 amide bonds. The van der Waals surface area contributed by atoms with Gasteiger partial charge in [0.25, 0.3) is 10.1 Å². The van der Waals surface area contributed by atoms with Crippen molar-refractivity contribution in [3.05, 3.63) is 107 Å². The smallest absolute Gasteiger partial charge is 0.261 e. The molecule has 32 heavy (non-hydrogen) atoms. The lowest BCUT2D eigenvalue weighted by atomic mass is 9.60. The summed E-state index contributed by atoms with van der Waals surface area (Å²) in [6.07, 6.45) is 5.53. The van der Waals surface area contributed by atoms with Gasteiger partial charge in [-0.1, -0.05) is 84.9 Å². The lowest BCUT2D eigenvalue weighted by molar-refractivity contribution is 0.0971. The van der Waals surface area contributed by atoms with E-state index in [2.05, 4.69) is 89.8 Å². The molecule has 1 N–H and O–H groups in total. The number of piperidine rings is 1. The number of hydrogen-bond acceptors (Lipinski definition) is 3. The molecule has 1 aliphatic heterocycles. The molecule has 0 saturated carbocycles. The number of likely N-dealkylation sites (tertiary alicyclic amines) is 1. The highest BCUT2D eigenvalue weighted by Gasteiger charge is 2.46. The minimum atomic E-state index is -3.67.